The molecule has 5 aliphatic rings. The molecule has 1 heterocycles. The highest BCUT2D eigenvalue weighted by atomic mass is 16.5. The molecule has 4 aliphatic carbocycles. The van der Waals surface area contributed by atoms with Gasteiger partial charge in [-0.2, -0.15) is 0 Å². The molecule has 0 aromatic carbocycles. The van der Waals surface area contributed by atoms with E-state index in [1.165, 1.54) is 0 Å². The SMILES string of the molecule is CC1=CC(CC(C)C2CCC3(C)C4=C(C(O)CC23C)C2(C)C(O)CC(O)C(C)(C)C2CC4=O)OC1=O. The molecule has 0 amide bonds. The first-order valence-corrected chi connectivity index (χ1v) is 13.8. The molecule has 3 N–H and O–H groups in total. The summed E-state index contributed by atoms with van der Waals surface area (Å²) in [6, 6.07) is 0. The van der Waals surface area contributed by atoms with E-state index >= 15 is 0 Å². The largest absolute Gasteiger partial charge is 0.455 e. The molecule has 6 nitrogen and oxygen atoms in total. The predicted octanol–water partition coefficient (Wildman–Crippen LogP) is 4.12. The average Bonchev–Trinajstić information content (AvgIpc) is 3.23. The van der Waals surface area contributed by atoms with Crippen molar-refractivity contribution >= 4 is 11.8 Å². The number of ether oxygens (including phenoxy) is 1. The van der Waals surface area contributed by atoms with Crippen molar-refractivity contribution in [2.45, 2.75) is 111 Å². The number of aliphatic hydroxyl groups is 3. The van der Waals surface area contributed by atoms with Gasteiger partial charge in [0.2, 0.25) is 0 Å². The Morgan fingerprint density at radius 3 is 2.36 bits per heavy atom. The van der Waals surface area contributed by atoms with E-state index in [2.05, 4.69) is 20.8 Å². The summed E-state index contributed by atoms with van der Waals surface area (Å²) in [4.78, 5) is 25.9. The monoisotopic (exact) mass is 500 g/mol. The van der Waals surface area contributed by atoms with Crippen LogP contribution in [0.5, 0.6) is 0 Å². The second-order valence-electron chi connectivity index (χ2n) is 14.0. The fourth-order valence-electron chi connectivity index (χ4n) is 9.60. The number of aliphatic hydroxyl groups excluding tert-OH is 3. The predicted molar refractivity (Wildman–Crippen MR) is 136 cm³/mol. The zero-order valence-electron chi connectivity index (χ0n) is 22.9. The molecular weight excluding hydrogens is 456 g/mol. The van der Waals surface area contributed by atoms with Gasteiger partial charge < -0.3 is 20.1 Å². The number of cyclic esters (lactones) is 1. The maximum Gasteiger partial charge on any atom is 0.334 e. The summed E-state index contributed by atoms with van der Waals surface area (Å²) in [5.74, 6) is 0.119. The second kappa shape index (κ2) is 8.00. The van der Waals surface area contributed by atoms with Crippen molar-refractivity contribution in [1.29, 1.82) is 0 Å². The summed E-state index contributed by atoms with van der Waals surface area (Å²) in [6.45, 7) is 14.4. The van der Waals surface area contributed by atoms with Crippen LogP contribution in [-0.4, -0.2) is 51.5 Å². The first-order valence-electron chi connectivity index (χ1n) is 13.8. The highest BCUT2D eigenvalue weighted by Gasteiger charge is 2.68. The number of hydrogen-bond acceptors (Lipinski definition) is 6. The molecule has 0 spiro atoms. The van der Waals surface area contributed by atoms with Crippen LogP contribution in [0.1, 0.15) is 87.0 Å². The van der Waals surface area contributed by atoms with Gasteiger partial charge in [-0.05, 0) is 72.8 Å². The van der Waals surface area contributed by atoms with Gasteiger partial charge in [-0.25, -0.2) is 4.79 Å². The van der Waals surface area contributed by atoms with Crippen LogP contribution in [0.15, 0.2) is 22.8 Å². The Morgan fingerprint density at radius 2 is 1.75 bits per heavy atom. The van der Waals surface area contributed by atoms with Gasteiger partial charge in [0, 0.05) is 34.8 Å². The van der Waals surface area contributed by atoms with Gasteiger partial charge in [-0.3, -0.25) is 4.79 Å². The molecular formula is C30H44O6. The van der Waals surface area contributed by atoms with Gasteiger partial charge in [-0.15, -0.1) is 0 Å². The standard InChI is InChI=1S/C30H44O6/c1-15(10-17-11-16(2)26(35)36-17)18-8-9-28(5)24-19(31)12-21-27(3,4)22(33)13-23(34)30(21,7)25(24)20(32)14-29(18,28)6/h11,15,17-18,20-23,32-34H,8-10,12-14H2,1-7H3. The summed E-state index contributed by atoms with van der Waals surface area (Å²) >= 11 is 0. The highest BCUT2D eigenvalue weighted by Crippen LogP contribution is 2.71. The van der Waals surface area contributed by atoms with Gasteiger partial charge in [-0.1, -0.05) is 41.5 Å². The third kappa shape index (κ3) is 3.19. The van der Waals surface area contributed by atoms with Crippen molar-refractivity contribution in [2.24, 2.45) is 39.4 Å². The first-order chi connectivity index (χ1) is 16.6. The van der Waals surface area contributed by atoms with E-state index in [4.69, 9.17) is 4.74 Å². The molecule has 10 unspecified atom stereocenters. The Balaban J connectivity index is 1.55. The van der Waals surface area contributed by atoms with Crippen LogP contribution >= 0.6 is 0 Å². The second-order valence-corrected chi connectivity index (χ2v) is 14.0. The number of hydrogen-bond donors (Lipinski definition) is 3. The molecule has 36 heavy (non-hydrogen) atoms. The van der Waals surface area contributed by atoms with Gasteiger partial charge in [0.25, 0.3) is 0 Å². The number of allylic oxidation sites excluding steroid dienone is 1. The van der Waals surface area contributed by atoms with E-state index in [1.54, 1.807) is 6.92 Å². The Kier molecular flexibility index (Phi) is 5.81. The van der Waals surface area contributed by atoms with E-state index < -0.39 is 34.6 Å². The van der Waals surface area contributed by atoms with E-state index in [9.17, 15) is 24.9 Å². The molecule has 0 aromatic rings. The number of carbonyl (C=O) groups excluding carboxylic acids is 2. The van der Waals surface area contributed by atoms with E-state index in [0.717, 1.165) is 30.4 Å². The first kappa shape index (κ1) is 26.1. The molecule has 10 atom stereocenters. The minimum Gasteiger partial charge on any atom is -0.455 e. The van der Waals surface area contributed by atoms with Crippen molar-refractivity contribution in [3.8, 4) is 0 Å². The van der Waals surface area contributed by atoms with Gasteiger partial charge >= 0.3 is 5.97 Å². The van der Waals surface area contributed by atoms with Gasteiger partial charge in [0.15, 0.2) is 5.78 Å². The molecule has 5 rings (SSSR count). The minimum atomic E-state index is -0.811. The molecule has 0 radical (unpaired) electrons. The van der Waals surface area contributed by atoms with E-state index in [0.29, 0.717) is 12.0 Å². The lowest BCUT2D eigenvalue weighted by molar-refractivity contribution is -0.167. The van der Waals surface area contributed by atoms with Crippen molar-refractivity contribution in [3.05, 3.63) is 22.8 Å². The molecule has 1 aliphatic heterocycles. The minimum absolute atomic E-state index is 0.0749. The number of Topliss-reactive ketones (excluding diaryl/α,β-unsaturated/α-hetero) is 1. The normalized spacial score (nSPS) is 48.7. The van der Waals surface area contributed by atoms with E-state index in [-0.39, 0.29) is 53.9 Å². The Hall–Kier alpha value is -1.50. The fraction of sp³-hybridized carbons (Fsp3) is 0.800. The van der Waals surface area contributed by atoms with Crippen LogP contribution in [0.2, 0.25) is 0 Å². The maximum absolute atomic E-state index is 14.0. The lowest BCUT2D eigenvalue weighted by Crippen LogP contribution is -2.64. The van der Waals surface area contributed by atoms with Crippen molar-refractivity contribution < 1.29 is 29.6 Å². The molecule has 2 saturated carbocycles. The highest BCUT2D eigenvalue weighted by molar-refractivity contribution is 6.00. The third-order valence-electron chi connectivity index (χ3n) is 12.0. The number of fused-ring (bicyclic) bond motifs is 4. The van der Waals surface area contributed by atoms with Crippen LogP contribution in [0, 0.1) is 39.4 Å². The molecule has 0 saturated heterocycles. The van der Waals surface area contributed by atoms with Gasteiger partial charge in [0.05, 0.1) is 18.3 Å². The zero-order chi connectivity index (χ0) is 26.6. The fourth-order valence-corrected chi connectivity index (χ4v) is 9.60. The summed E-state index contributed by atoms with van der Waals surface area (Å²) in [6.07, 6.45) is 3.01. The number of ketones is 1. The summed E-state index contributed by atoms with van der Waals surface area (Å²) in [7, 11) is 0. The molecule has 200 valence electrons. The lowest BCUT2D eigenvalue weighted by atomic mass is 9.42. The number of rotatable bonds is 3. The zero-order valence-corrected chi connectivity index (χ0v) is 22.9. The Bertz CT molecular complexity index is 1060. The topological polar surface area (TPSA) is 104 Å². The van der Waals surface area contributed by atoms with E-state index in [1.807, 2.05) is 26.8 Å². The summed E-state index contributed by atoms with van der Waals surface area (Å²) in [5.41, 5.74) is 0.176. The molecule has 2 fully saturated rings. The van der Waals surface area contributed by atoms with Crippen LogP contribution in [-0.2, 0) is 14.3 Å². The molecule has 0 bridgehead atoms. The molecule has 0 aromatic heterocycles. The Labute approximate surface area is 215 Å². The molecule has 6 heteroatoms. The number of carbonyl (C=O) groups is 2. The maximum atomic E-state index is 14.0. The summed E-state index contributed by atoms with van der Waals surface area (Å²) < 4.78 is 5.54. The lowest BCUT2D eigenvalue weighted by Gasteiger charge is -2.63. The van der Waals surface area contributed by atoms with Crippen molar-refractivity contribution in [1.82, 2.24) is 0 Å². The van der Waals surface area contributed by atoms with Crippen LogP contribution in [0.3, 0.4) is 0 Å². The smallest absolute Gasteiger partial charge is 0.334 e. The number of esters is 1. The van der Waals surface area contributed by atoms with Gasteiger partial charge in [0.1, 0.15) is 6.10 Å². The summed E-state index contributed by atoms with van der Waals surface area (Å²) in [5, 5.41) is 34.0. The van der Waals surface area contributed by atoms with Crippen molar-refractivity contribution in [2.75, 3.05) is 0 Å². The quantitative estimate of drug-likeness (QED) is 0.504. The average molecular weight is 501 g/mol. The van der Waals surface area contributed by atoms with Crippen molar-refractivity contribution in [3.63, 3.8) is 0 Å². The van der Waals surface area contributed by atoms with Crippen LogP contribution in [0.25, 0.3) is 0 Å². The van der Waals surface area contributed by atoms with Crippen LogP contribution < -0.4 is 0 Å². The third-order valence-corrected chi connectivity index (χ3v) is 12.0. The van der Waals surface area contributed by atoms with Crippen LogP contribution in [0.4, 0.5) is 0 Å². The Morgan fingerprint density at radius 1 is 1.08 bits per heavy atom.